The Labute approximate surface area is 178 Å². The number of carbonyl (C=O) groups is 1. The van der Waals surface area contributed by atoms with Crippen molar-refractivity contribution in [2.75, 3.05) is 0 Å². The fourth-order valence-corrected chi connectivity index (χ4v) is 4.55. The number of primary amides is 1. The first kappa shape index (κ1) is 20.0. The van der Waals surface area contributed by atoms with Crippen molar-refractivity contribution < 1.29 is 4.79 Å². The molecule has 4 aromatic rings. The number of hydrogen-bond donors (Lipinski definition) is 1. The first-order valence-corrected chi connectivity index (χ1v) is 10.7. The number of nitrogens with two attached hydrogens (primary N) is 1. The van der Waals surface area contributed by atoms with Gasteiger partial charge in [0.1, 0.15) is 16.7 Å². The molecule has 1 unspecified atom stereocenters. The Hall–Kier alpha value is -3.25. The molecule has 2 aromatic carbocycles. The quantitative estimate of drug-likeness (QED) is 0.523. The standard InChI is InChI=1S/C24H23N3O2S/c1-14-9-10-18(11-15(14)2)19-13-30-23-21(19)24(29)27(16(3)22(25)28)20(26-23)12-17-7-5-4-6-8-17/h4-11,13,16H,12H2,1-3H3,(H2,25,28). The molecule has 152 valence electrons. The second kappa shape index (κ2) is 7.88. The van der Waals surface area contributed by atoms with Gasteiger partial charge in [-0.1, -0.05) is 48.5 Å². The second-order valence-corrected chi connectivity index (χ2v) is 8.43. The molecule has 1 atom stereocenters. The van der Waals surface area contributed by atoms with E-state index in [0.29, 0.717) is 22.5 Å². The molecule has 0 aliphatic carbocycles. The largest absolute Gasteiger partial charge is 0.368 e. The normalized spacial score (nSPS) is 12.2. The van der Waals surface area contributed by atoms with Crippen LogP contribution >= 0.6 is 11.3 Å². The van der Waals surface area contributed by atoms with Crippen LogP contribution in [-0.2, 0) is 11.2 Å². The van der Waals surface area contributed by atoms with Gasteiger partial charge in [0.05, 0.1) is 5.39 Å². The number of nitrogens with zero attached hydrogens (tertiary/aromatic N) is 2. The number of hydrogen-bond acceptors (Lipinski definition) is 4. The van der Waals surface area contributed by atoms with E-state index < -0.39 is 11.9 Å². The molecule has 0 fully saturated rings. The first-order chi connectivity index (χ1) is 14.4. The molecule has 0 saturated carbocycles. The molecule has 0 spiro atoms. The van der Waals surface area contributed by atoms with Gasteiger partial charge in [-0.3, -0.25) is 14.2 Å². The van der Waals surface area contributed by atoms with E-state index in [-0.39, 0.29) is 5.56 Å². The zero-order valence-corrected chi connectivity index (χ0v) is 18.0. The zero-order valence-electron chi connectivity index (χ0n) is 17.2. The lowest BCUT2D eigenvalue weighted by Crippen LogP contribution is -2.35. The minimum Gasteiger partial charge on any atom is -0.368 e. The van der Waals surface area contributed by atoms with Crippen LogP contribution < -0.4 is 11.3 Å². The van der Waals surface area contributed by atoms with Crippen molar-refractivity contribution in [2.45, 2.75) is 33.2 Å². The summed E-state index contributed by atoms with van der Waals surface area (Å²) in [4.78, 5) is 31.1. The summed E-state index contributed by atoms with van der Waals surface area (Å²) >= 11 is 1.45. The molecular formula is C24H23N3O2S. The van der Waals surface area contributed by atoms with Gasteiger partial charge in [-0.15, -0.1) is 11.3 Å². The summed E-state index contributed by atoms with van der Waals surface area (Å²) in [6.45, 7) is 5.76. The molecule has 4 rings (SSSR count). The highest BCUT2D eigenvalue weighted by Crippen LogP contribution is 2.32. The number of aryl methyl sites for hydroxylation is 2. The summed E-state index contributed by atoms with van der Waals surface area (Å²) in [6, 6.07) is 15.1. The lowest BCUT2D eigenvalue weighted by atomic mass is 10.0. The van der Waals surface area contributed by atoms with Crippen molar-refractivity contribution in [3.8, 4) is 11.1 Å². The molecule has 0 aliphatic heterocycles. The van der Waals surface area contributed by atoms with Crippen LogP contribution in [0.2, 0.25) is 0 Å². The van der Waals surface area contributed by atoms with E-state index in [0.717, 1.165) is 22.3 Å². The van der Waals surface area contributed by atoms with Gasteiger partial charge in [-0.25, -0.2) is 4.98 Å². The number of benzene rings is 2. The third-order valence-electron chi connectivity index (χ3n) is 5.53. The van der Waals surface area contributed by atoms with E-state index in [1.165, 1.54) is 21.5 Å². The maximum atomic E-state index is 13.6. The molecule has 2 heterocycles. The van der Waals surface area contributed by atoms with Crippen molar-refractivity contribution in [2.24, 2.45) is 5.73 Å². The van der Waals surface area contributed by atoms with Crippen LogP contribution in [0.1, 0.15) is 35.5 Å². The second-order valence-electron chi connectivity index (χ2n) is 7.57. The summed E-state index contributed by atoms with van der Waals surface area (Å²) in [5.74, 6) is -0.0194. The molecule has 5 nitrogen and oxygen atoms in total. The van der Waals surface area contributed by atoms with Gasteiger partial charge in [0.2, 0.25) is 5.91 Å². The van der Waals surface area contributed by atoms with E-state index in [1.54, 1.807) is 6.92 Å². The lowest BCUT2D eigenvalue weighted by molar-refractivity contribution is -0.120. The highest BCUT2D eigenvalue weighted by Gasteiger charge is 2.23. The average Bonchev–Trinajstić information content (AvgIpc) is 3.15. The third kappa shape index (κ3) is 3.55. The van der Waals surface area contributed by atoms with E-state index in [2.05, 4.69) is 26.0 Å². The van der Waals surface area contributed by atoms with Crippen molar-refractivity contribution in [3.63, 3.8) is 0 Å². The van der Waals surface area contributed by atoms with Crippen molar-refractivity contribution in [1.82, 2.24) is 9.55 Å². The smallest absolute Gasteiger partial charge is 0.263 e. The summed E-state index contributed by atoms with van der Waals surface area (Å²) in [6.07, 6.45) is 0.445. The molecule has 6 heteroatoms. The molecule has 0 aliphatic rings. The van der Waals surface area contributed by atoms with Crippen LogP contribution in [0.5, 0.6) is 0 Å². The fourth-order valence-electron chi connectivity index (χ4n) is 3.60. The Morgan fingerprint density at radius 2 is 1.87 bits per heavy atom. The van der Waals surface area contributed by atoms with Gasteiger partial charge in [0.25, 0.3) is 5.56 Å². The lowest BCUT2D eigenvalue weighted by Gasteiger charge is -2.17. The van der Waals surface area contributed by atoms with Crippen LogP contribution in [0.3, 0.4) is 0 Å². The van der Waals surface area contributed by atoms with Gasteiger partial charge in [0.15, 0.2) is 0 Å². The molecule has 2 aromatic heterocycles. The highest BCUT2D eigenvalue weighted by molar-refractivity contribution is 7.17. The molecule has 30 heavy (non-hydrogen) atoms. The maximum absolute atomic E-state index is 13.6. The van der Waals surface area contributed by atoms with Crippen LogP contribution in [0, 0.1) is 13.8 Å². The molecule has 0 bridgehead atoms. The van der Waals surface area contributed by atoms with Crippen molar-refractivity contribution in [1.29, 1.82) is 0 Å². The number of amides is 1. The molecule has 0 saturated heterocycles. The molecule has 0 radical (unpaired) electrons. The van der Waals surface area contributed by atoms with Crippen LogP contribution in [0.4, 0.5) is 0 Å². The number of thiophene rings is 1. The topological polar surface area (TPSA) is 78.0 Å². The van der Waals surface area contributed by atoms with E-state index in [4.69, 9.17) is 10.7 Å². The van der Waals surface area contributed by atoms with Crippen molar-refractivity contribution in [3.05, 3.63) is 86.8 Å². The minimum absolute atomic E-state index is 0.230. The Morgan fingerprint density at radius 1 is 1.13 bits per heavy atom. The molecule has 1 amide bonds. The Balaban J connectivity index is 1.96. The SMILES string of the molecule is Cc1ccc(-c2csc3nc(Cc4ccccc4)n(C(C)C(N)=O)c(=O)c23)cc1C. The van der Waals surface area contributed by atoms with Gasteiger partial charge in [-0.2, -0.15) is 0 Å². The predicted molar refractivity (Wildman–Crippen MR) is 122 cm³/mol. The summed E-state index contributed by atoms with van der Waals surface area (Å²) in [5.41, 5.74) is 10.5. The fraction of sp³-hybridized carbons (Fsp3) is 0.208. The summed E-state index contributed by atoms with van der Waals surface area (Å²) in [5, 5.41) is 2.50. The number of fused-ring (bicyclic) bond motifs is 1. The van der Waals surface area contributed by atoms with Gasteiger partial charge in [0, 0.05) is 17.4 Å². The van der Waals surface area contributed by atoms with Gasteiger partial charge < -0.3 is 5.73 Å². The Kier molecular flexibility index (Phi) is 5.26. The number of rotatable bonds is 5. The van der Waals surface area contributed by atoms with Gasteiger partial charge in [-0.05, 0) is 43.0 Å². The van der Waals surface area contributed by atoms with E-state index in [9.17, 15) is 9.59 Å². The highest BCUT2D eigenvalue weighted by atomic mass is 32.1. The molecule has 2 N–H and O–H groups in total. The zero-order chi connectivity index (χ0) is 21.4. The van der Waals surface area contributed by atoms with Crippen molar-refractivity contribution >= 4 is 27.5 Å². The number of carbonyl (C=O) groups excluding carboxylic acids is 1. The maximum Gasteiger partial charge on any atom is 0.263 e. The predicted octanol–water partition coefficient (Wildman–Crippen LogP) is 4.38. The van der Waals surface area contributed by atoms with Crippen LogP contribution in [0.25, 0.3) is 21.3 Å². The van der Waals surface area contributed by atoms with E-state index >= 15 is 0 Å². The Morgan fingerprint density at radius 3 is 2.53 bits per heavy atom. The third-order valence-corrected chi connectivity index (χ3v) is 6.41. The summed E-state index contributed by atoms with van der Waals surface area (Å²) in [7, 11) is 0. The van der Waals surface area contributed by atoms with Gasteiger partial charge >= 0.3 is 0 Å². The Bertz CT molecular complexity index is 1310. The minimum atomic E-state index is -0.791. The first-order valence-electron chi connectivity index (χ1n) is 9.80. The number of aromatic nitrogens is 2. The molecular weight excluding hydrogens is 394 g/mol. The monoisotopic (exact) mass is 417 g/mol. The van der Waals surface area contributed by atoms with Crippen LogP contribution in [-0.4, -0.2) is 15.5 Å². The summed E-state index contributed by atoms with van der Waals surface area (Å²) < 4.78 is 1.45. The van der Waals surface area contributed by atoms with Crippen LogP contribution in [0.15, 0.2) is 58.7 Å². The average molecular weight is 418 g/mol. The van der Waals surface area contributed by atoms with E-state index in [1.807, 2.05) is 41.8 Å².